The average Bonchev–Trinajstić information content (AvgIpc) is 2.75. The third-order valence-corrected chi connectivity index (χ3v) is 2.42. The molecule has 0 saturated carbocycles. The number of hydrogen-bond acceptors (Lipinski definition) is 4. The van der Waals surface area contributed by atoms with Crippen LogP contribution in [0.2, 0.25) is 0 Å². The summed E-state index contributed by atoms with van der Waals surface area (Å²) in [5.74, 6) is 0.965. The maximum atomic E-state index is 9.19. The second-order valence-corrected chi connectivity index (χ2v) is 3.54. The monoisotopic (exact) mass is 194 g/mol. The van der Waals surface area contributed by atoms with Crippen LogP contribution >= 0.6 is 0 Å². The molecule has 14 heavy (non-hydrogen) atoms. The predicted octanol–water partition coefficient (Wildman–Crippen LogP) is 1.16. The van der Waals surface area contributed by atoms with Gasteiger partial charge in [0.05, 0.1) is 0 Å². The molecule has 0 spiro atoms. The molecule has 0 aromatic heterocycles. The molecule has 2 aliphatic heterocycles. The maximum Gasteiger partial charge on any atom is 0.233 e. The Kier molecular flexibility index (Phi) is 1.51. The van der Waals surface area contributed by atoms with Crippen molar-refractivity contribution in [2.75, 3.05) is 0 Å². The Morgan fingerprint density at radius 1 is 1.36 bits per heavy atom. The molecule has 2 heterocycles. The van der Waals surface area contributed by atoms with Crippen LogP contribution in [0.5, 0.6) is 11.5 Å². The van der Waals surface area contributed by atoms with Crippen molar-refractivity contribution in [2.45, 2.75) is 25.6 Å². The van der Waals surface area contributed by atoms with E-state index in [4.69, 9.17) is 14.2 Å². The maximum absolute atomic E-state index is 9.19. The first-order chi connectivity index (χ1) is 6.74. The van der Waals surface area contributed by atoms with Gasteiger partial charge in [0.1, 0.15) is 11.5 Å². The summed E-state index contributed by atoms with van der Waals surface area (Å²) in [5.41, 5.74) is 0.887. The molecule has 3 atom stereocenters. The first kappa shape index (κ1) is 8.08. The second-order valence-electron chi connectivity index (χ2n) is 3.54. The van der Waals surface area contributed by atoms with Crippen LogP contribution in [0, 0.1) is 6.92 Å². The van der Waals surface area contributed by atoms with E-state index in [1.54, 1.807) is 18.2 Å². The number of phenolic OH excluding ortho intramolecular Hbond substituents is 1. The van der Waals surface area contributed by atoms with E-state index in [0.29, 0.717) is 0 Å². The van der Waals surface area contributed by atoms with Crippen LogP contribution in [-0.4, -0.2) is 23.8 Å². The van der Waals surface area contributed by atoms with Gasteiger partial charge in [-0.3, -0.25) is 0 Å². The van der Waals surface area contributed by atoms with Crippen molar-refractivity contribution in [3.05, 3.63) is 23.8 Å². The Morgan fingerprint density at radius 3 is 2.79 bits per heavy atom. The van der Waals surface area contributed by atoms with Crippen molar-refractivity contribution < 1.29 is 19.3 Å². The van der Waals surface area contributed by atoms with Crippen molar-refractivity contribution in [1.29, 1.82) is 0 Å². The Morgan fingerprint density at radius 2 is 2.21 bits per heavy atom. The number of ether oxygens (including phenoxy) is 3. The van der Waals surface area contributed by atoms with Crippen LogP contribution in [0.15, 0.2) is 18.2 Å². The fraction of sp³-hybridized carbons (Fsp3) is 0.400. The third kappa shape index (κ3) is 1.15. The summed E-state index contributed by atoms with van der Waals surface area (Å²) in [7, 11) is 0. The van der Waals surface area contributed by atoms with Crippen LogP contribution in [0.25, 0.3) is 0 Å². The minimum Gasteiger partial charge on any atom is -0.508 e. The van der Waals surface area contributed by atoms with Gasteiger partial charge in [0.15, 0.2) is 12.4 Å². The van der Waals surface area contributed by atoms with Crippen molar-refractivity contribution in [3.8, 4) is 11.5 Å². The topological polar surface area (TPSA) is 51.2 Å². The van der Waals surface area contributed by atoms with Crippen LogP contribution in [-0.2, 0) is 9.47 Å². The van der Waals surface area contributed by atoms with Gasteiger partial charge < -0.3 is 19.3 Å². The molecule has 2 fully saturated rings. The van der Waals surface area contributed by atoms with E-state index in [1.807, 2.05) is 6.92 Å². The zero-order valence-electron chi connectivity index (χ0n) is 7.64. The van der Waals surface area contributed by atoms with E-state index in [2.05, 4.69) is 0 Å². The molecule has 0 amide bonds. The number of fused-ring (bicyclic) bond motifs is 1. The van der Waals surface area contributed by atoms with Gasteiger partial charge in [0.25, 0.3) is 0 Å². The van der Waals surface area contributed by atoms with Gasteiger partial charge in [-0.25, -0.2) is 0 Å². The number of epoxide rings is 1. The minimum absolute atomic E-state index is 0.0302. The molecule has 2 saturated heterocycles. The van der Waals surface area contributed by atoms with Gasteiger partial charge in [-0.1, -0.05) is 0 Å². The molecule has 0 aliphatic carbocycles. The molecule has 1 N–H and O–H groups in total. The van der Waals surface area contributed by atoms with Crippen LogP contribution in [0.3, 0.4) is 0 Å². The van der Waals surface area contributed by atoms with Crippen LogP contribution in [0.4, 0.5) is 0 Å². The van der Waals surface area contributed by atoms with Gasteiger partial charge in [0.2, 0.25) is 6.29 Å². The lowest BCUT2D eigenvalue weighted by Gasteiger charge is -2.22. The van der Waals surface area contributed by atoms with E-state index in [1.165, 1.54) is 0 Å². The number of benzene rings is 1. The van der Waals surface area contributed by atoms with Crippen molar-refractivity contribution in [2.24, 2.45) is 0 Å². The Hall–Kier alpha value is -1.26. The SMILES string of the molecule is Cc1cc(O)ccc1OC1OC2OC12. The minimum atomic E-state index is -0.275. The highest BCUT2D eigenvalue weighted by Crippen LogP contribution is 2.41. The molecule has 4 nitrogen and oxygen atoms in total. The fourth-order valence-corrected chi connectivity index (χ4v) is 1.52. The number of aromatic hydroxyl groups is 1. The van der Waals surface area contributed by atoms with E-state index >= 15 is 0 Å². The summed E-state index contributed by atoms with van der Waals surface area (Å²) in [6.07, 6.45) is -0.191. The van der Waals surface area contributed by atoms with Gasteiger partial charge in [-0.2, -0.15) is 0 Å². The Bertz CT molecular complexity index is 376. The summed E-state index contributed by atoms with van der Waals surface area (Å²) in [5, 5.41) is 9.19. The molecule has 1 aromatic rings. The highest BCUT2D eigenvalue weighted by molar-refractivity contribution is 5.38. The lowest BCUT2D eigenvalue weighted by Crippen LogP contribution is -2.38. The highest BCUT2D eigenvalue weighted by atomic mass is 16.9. The summed E-state index contributed by atoms with van der Waals surface area (Å²) in [4.78, 5) is 0. The quantitative estimate of drug-likeness (QED) is 0.718. The summed E-state index contributed by atoms with van der Waals surface area (Å²) >= 11 is 0. The van der Waals surface area contributed by atoms with E-state index in [-0.39, 0.29) is 24.4 Å². The van der Waals surface area contributed by atoms with E-state index < -0.39 is 0 Å². The zero-order chi connectivity index (χ0) is 9.71. The van der Waals surface area contributed by atoms with Crippen molar-refractivity contribution in [1.82, 2.24) is 0 Å². The highest BCUT2D eigenvalue weighted by Gasteiger charge is 2.60. The number of phenols is 1. The molecule has 0 radical (unpaired) electrons. The summed E-state index contributed by atoms with van der Waals surface area (Å²) in [6, 6.07) is 4.97. The first-order valence-corrected chi connectivity index (χ1v) is 4.51. The average molecular weight is 194 g/mol. The molecule has 74 valence electrons. The molecule has 2 aliphatic rings. The second kappa shape index (κ2) is 2.62. The van der Waals surface area contributed by atoms with Gasteiger partial charge in [-0.15, -0.1) is 0 Å². The number of rotatable bonds is 2. The summed E-state index contributed by atoms with van der Waals surface area (Å²) in [6.45, 7) is 1.87. The van der Waals surface area contributed by atoms with E-state index in [9.17, 15) is 5.11 Å². The molecule has 1 aromatic carbocycles. The van der Waals surface area contributed by atoms with Gasteiger partial charge >= 0.3 is 0 Å². The first-order valence-electron chi connectivity index (χ1n) is 4.51. The normalized spacial score (nSPS) is 33.1. The number of aryl methyl sites for hydroxylation is 1. The van der Waals surface area contributed by atoms with E-state index in [0.717, 1.165) is 11.3 Å². The Balaban J connectivity index is 1.75. The van der Waals surface area contributed by atoms with Crippen molar-refractivity contribution >= 4 is 0 Å². The molecular weight excluding hydrogens is 184 g/mol. The zero-order valence-corrected chi connectivity index (χ0v) is 7.64. The molecule has 0 bridgehead atoms. The standard InChI is InChI=1S/C10H10O4/c1-5-4-6(11)2-3-7(5)12-9-8-10(13-8)14-9/h2-4,8-11H,1H3. The van der Waals surface area contributed by atoms with Gasteiger partial charge in [0, 0.05) is 0 Å². The number of hydrogen-bond donors (Lipinski definition) is 1. The largest absolute Gasteiger partial charge is 0.508 e. The molecule has 4 heteroatoms. The fourth-order valence-electron chi connectivity index (χ4n) is 1.52. The van der Waals surface area contributed by atoms with Crippen LogP contribution < -0.4 is 4.74 Å². The smallest absolute Gasteiger partial charge is 0.233 e. The van der Waals surface area contributed by atoms with Gasteiger partial charge in [-0.05, 0) is 30.7 Å². The van der Waals surface area contributed by atoms with Crippen LogP contribution in [0.1, 0.15) is 5.56 Å². The lowest BCUT2D eigenvalue weighted by atomic mass is 10.2. The molecule has 3 unspecified atom stereocenters. The summed E-state index contributed by atoms with van der Waals surface area (Å²) < 4.78 is 15.8. The van der Waals surface area contributed by atoms with Crippen molar-refractivity contribution in [3.63, 3.8) is 0 Å². The molecular formula is C10H10O4. The lowest BCUT2D eigenvalue weighted by molar-refractivity contribution is -0.152. The molecule has 3 rings (SSSR count). The Labute approximate surface area is 81.0 Å². The third-order valence-electron chi connectivity index (χ3n) is 2.42. The predicted molar refractivity (Wildman–Crippen MR) is 47.0 cm³/mol.